The minimum Gasteiger partial charge on any atom is -0.481 e. The average molecular weight is 330 g/mol. The molecule has 0 spiro atoms. The molecule has 0 aromatic heterocycles. The molecule has 0 aliphatic carbocycles. The summed E-state index contributed by atoms with van der Waals surface area (Å²) >= 11 is 0. The molecule has 0 aliphatic rings. The molecule has 0 radical (unpaired) electrons. The van der Waals surface area contributed by atoms with Crippen LogP contribution in [0.4, 0.5) is 13.2 Å². The van der Waals surface area contributed by atoms with Gasteiger partial charge in [-0.05, 0) is 37.0 Å². The number of aliphatic carboxylic acids is 1. The minimum absolute atomic E-state index is 0.257. The fourth-order valence-corrected chi connectivity index (χ4v) is 2.53. The molecule has 0 heterocycles. The summed E-state index contributed by atoms with van der Waals surface area (Å²) in [5.41, 5.74) is 0.357. The van der Waals surface area contributed by atoms with Crippen LogP contribution in [0.15, 0.2) is 24.3 Å². The Morgan fingerprint density at radius 3 is 1.78 bits per heavy atom. The van der Waals surface area contributed by atoms with Gasteiger partial charge in [0.25, 0.3) is 0 Å². The van der Waals surface area contributed by atoms with Crippen molar-refractivity contribution in [2.75, 3.05) is 0 Å². The van der Waals surface area contributed by atoms with Gasteiger partial charge >= 0.3 is 12.1 Å². The molecule has 0 saturated heterocycles. The normalized spacial score (nSPS) is 11.6. The summed E-state index contributed by atoms with van der Waals surface area (Å²) in [6, 6.07) is 5.41. The van der Waals surface area contributed by atoms with Crippen LogP contribution in [-0.2, 0) is 17.4 Å². The molecule has 1 rings (SSSR count). The Hall–Kier alpha value is -1.52. The van der Waals surface area contributed by atoms with Gasteiger partial charge in [0.05, 0.1) is 5.56 Å². The van der Waals surface area contributed by atoms with Gasteiger partial charge in [0.1, 0.15) is 0 Å². The number of carbonyl (C=O) groups is 1. The van der Waals surface area contributed by atoms with E-state index in [4.69, 9.17) is 5.11 Å². The molecule has 0 unspecified atom stereocenters. The number of halogens is 3. The van der Waals surface area contributed by atoms with E-state index in [0.717, 1.165) is 75.5 Å². The number of carboxylic acid groups (broad SMARTS) is 1. The van der Waals surface area contributed by atoms with E-state index in [1.54, 1.807) is 12.1 Å². The second-order valence-electron chi connectivity index (χ2n) is 5.92. The van der Waals surface area contributed by atoms with Crippen LogP contribution in [0.1, 0.15) is 68.9 Å². The molecule has 0 atom stereocenters. The summed E-state index contributed by atoms with van der Waals surface area (Å²) in [6.07, 6.45) is 5.07. The van der Waals surface area contributed by atoms with Crippen molar-refractivity contribution in [3.05, 3.63) is 35.4 Å². The smallest absolute Gasteiger partial charge is 0.416 e. The number of benzene rings is 1. The first kappa shape index (κ1) is 19.5. The quantitative estimate of drug-likeness (QED) is 0.517. The van der Waals surface area contributed by atoms with Crippen molar-refractivity contribution >= 4 is 5.97 Å². The van der Waals surface area contributed by atoms with Gasteiger partial charge < -0.3 is 5.11 Å². The van der Waals surface area contributed by atoms with Crippen molar-refractivity contribution in [2.24, 2.45) is 0 Å². The van der Waals surface area contributed by atoms with Crippen LogP contribution in [0.3, 0.4) is 0 Å². The highest BCUT2D eigenvalue weighted by molar-refractivity contribution is 5.66. The lowest BCUT2D eigenvalue weighted by molar-refractivity contribution is -0.138. The summed E-state index contributed by atoms with van der Waals surface area (Å²) in [5, 5.41) is 8.51. The Morgan fingerprint density at radius 2 is 1.30 bits per heavy atom. The zero-order chi connectivity index (χ0) is 17.1. The van der Waals surface area contributed by atoms with E-state index < -0.39 is 17.7 Å². The number of hydrogen-bond acceptors (Lipinski definition) is 1. The maximum atomic E-state index is 12.4. The molecule has 1 N–H and O–H groups in total. The van der Waals surface area contributed by atoms with Crippen LogP contribution in [0, 0.1) is 0 Å². The number of alkyl halides is 3. The highest BCUT2D eigenvalue weighted by Gasteiger charge is 2.29. The van der Waals surface area contributed by atoms with Crippen molar-refractivity contribution in [2.45, 2.75) is 70.4 Å². The van der Waals surface area contributed by atoms with Crippen molar-refractivity contribution in [1.29, 1.82) is 0 Å². The first-order chi connectivity index (χ1) is 10.9. The zero-order valence-electron chi connectivity index (χ0n) is 13.4. The Morgan fingerprint density at radius 1 is 0.826 bits per heavy atom. The van der Waals surface area contributed by atoms with E-state index >= 15 is 0 Å². The number of unbranched alkanes of at least 4 members (excludes halogenated alkanes) is 7. The topological polar surface area (TPSA) is 37.3 Å². The summed E-state index contributed by atoms with van der Waals surface area (Å²) < 4.78 is 37.3. The molecular formula is C18H25F3O2. The van der Waals surface area contributed by atoms with Crippen molar-refractivity contribution in [1.82, 2.24) is 0 Å². The van der Waals surface area contributed by atoms with Crippen LogP contribution in [0.2, 0.25) is 0 Å². The molecule has 1 aromatic carbocycles. The Labute approximate surface area is 135 Å². The lowest BCUT2D eigenvalue weighted by Gasteiger charge is -2.07. The molecule has 0 saturated carbocycles. The van der Waals surface area contributed by atoms with Crippen molar-refractivity contribution < 1.29 is 23.1 Å². The van der Waals surface area contributed by atoms with Gasteiger partial charge in [-0.3, -0.25) is 4.79 Å². The average Bonchev–Trinajstić information content (AvgIpc) is 2.48. The fourth-order valence-electron chi connectivity index (χ4n) is 2.53. The van der Waals surface area contributed by atoms with Crippen LogP contribution in [0.25, 0.3) is 0 Å². The van der Waals surface area contributed by atoms with Crippen LogP contribution < -0.4 is 0 Å². The van der Waals surface area contributed by atoms with Gasteiger partial charge in [0.2, 0.25) is 0 Å². The van der Waals surface area contributed by atoms with Crippen molar-refractivity contribution in [3.63, 3.8) is 0 Å². The summed E-state index contributed by atoms with van der Waals surface area (Å²) in [6.45, 7) is 0. The largest absolute Gasteiger partial charge is 0.481 e. The number of aryl methyl sites for hydroxylation is 1. The van der Waals surface area contributed by atoms with E-state index in [1.165, 1.54) is 0 Å². The Balaban J connectivity index is 2.02. The first-order valence-electron chi connectivity index (χ1n) is 8.27. The highest BCUT2D eigenvalue weighted by Crippen LogP contribution is 2.29. The van der Waals surface area contributed by atoms with Gasteiger partial charge in [-0.1, -0.05) is 50.7 Å². The van der Waals surface area contributed by atoms with Gasteiger partial charge in [0, 0.05) is 6.42 Å². The Kier molecular flexibility index (Phi) is 8.74. The predicted octanol–water partition coefficient (Wildman–Crippen LogP) is 5.84. The number of hydrogen-bond donors (Lipinski definition) is 1. The molecule has 0 aliphatic heterocycles. The SMILES string of the molecule is O=C(O)CCCCCCCCCCc1ccc(C(F)(F)F)cc1. The summed E-state index contributed by atoms with van der Waals surface area (Å²) in [4.78, 5) is 10.3. The molecule has 5 heteroatoms. The summed E-state index contributed by atoms with van der Waals surface area (Å²) in [5.74, 6) is -0.728. The van der Waals surface area contributed by atoms with Gasteiger partial charge in [-0.25, -0.2) is 0 Å². The van der Waals surface area contributed by atoms with Crippen LogP contribution in [0.5, 0.6) is 0 Å². The third-order valence-electron chi connectivity index (χ3n) is 3.89. The van der Waals surface area contributed by atoms with Gasteiger partial charge in [-0.2, -0.15) is 13.2 Å². The maximum absolute atomic E-state index is 12.4. The Bertz CT molecular complexity index is 452. The second-order valence-corrected chi connectivity index (χ2v) is 5.92. The number of carboxylic acids is 1. The molecule has 0 fully saturated rings. The van der Waals surface area contributed by atoms with Gasteiger partial charge in [0.15, 0.2) is 0 Å². The fraction of sp³-hybridized carbons (Fsp3) is 0.611. The minimum atomic E-state index is -4.26. The van der Waals surface area contributed by atoms with Crippen LogP contribution in [-0.4, -0.2) is 11.1 Å². The standard InChI is InChI=1S/C18H25F3O2/c19-18(20,21)16-13-11-15(12-14-16)9-7-5-3-1-2-4-6-8-10-17(22)23/h11-14H,1-10H2,(H,22,23). The molecule has 130 valence electrons. The van der Waals surface area contributed by atoms with E-state index in [2.05, 4.69) is 0 Å². The predicted molar refractivity (Wildman–Crippen MR) is 84.3 cm³/mol. The molecular weight excluding hydrogens is 305 g/mol. The van der Waals surface area contributed by atoms with E-state index in [9.17, 15) is 18.0 Å². The monoisotopic (exact) mass is 330 g/mol. The zero-order valence-corrected chi connectivity index (χ0v) is 13.4. The molecule has 0 bridgehead atoms. The van der Waals surface area contributed by atoms with E-state index in [-0.39, 0.29) is 6.42 Å². The summed E-state index contributed by atoms with van der Waals surface area (Å²) in [7, 11) is 0. The molecule has 1 aromatic rings. The first-order valence-corrected chi connectivity index (χ1v) is 8.27. The molecule has 0 amide bonds. The maximum Gasteiger partial charge on any atom is 0.416 e. The van der Waals surface area contributed by atoms with Gasteiger partial charge in [-0.15, -0.1) is 0 Å². The lowest BCUT2D eigenvalue weighted by atomic mass is 10.0. The van der Waals surface area contributed by atoms with E-state index in [0.29, 0.717) is 0 Å². The third kappa shape index (κ3) is 9.26. The van der Waals surface area contributed by atoms with E-state index in [1.807, 2.05) is 0 Å². The second kappa shape index (κ2) is 10.3. The highest BCUT2D eigenvalue weighted by atomic mass is 19.4. The molecule has 23 heavy (non-hydrogen) atoms. The van der Waals surface area contributed by atoms with Crippen molar-refractivity contribution in [3.8, 4) is 0 Å². The third-order valence-corrected chi connectivity index (χ3v) is 3.89. The lowest BCUT2D eigenvalue weighted by Crippen LogP contribution is -2.04. The van der Waals surface area contributed by atoms with Crippen LogP contribution >= 0.6 is 0 Å². The molecule has 2 nitrogen and oxygen atoms in total. The number of rotatable bonds is 11.